The Morgan fingerprint density at radius 3 is 2.33 bits per heavy atom. The van der Waals surface area contributed by atoms with Crippen molar-refractivity contribution < 1.29 is 0 Å². The summed E-state index contributed by atoms with van der Waals surface area (Å²) in [6.07, 6.45) is 6.75. The van der Waals surface area contributed by atoms with Gasteiger partial charge in [0.25, 0.3) is 0 Å². The first kappa shape index (κ1) is 15.0. The highest BCUT2D eigenvalue weighted by Crippen LogP contribution is 2.34. The van der Waals surface area contributed by atoms with Gasteiger partial charge in [-0.25, -0.2) is 4.98 Å². The number of pyridine rings is 1. The molecule has 1 saturated carbocycles. The number of aromatic nitrogens is 1. The van der Waals surface area contributed by atoms with E-state index in [1.165, 1.54) is 37.7 Å². The van der Waals surface area contributed by atoms with E-state index in [-0.39, 0.29) is 0 Å². The quantitative estimate of drug-likeness (QED) is 0.645. The Bertz CT molecular complexity index is 862. The fourth-order valence-electron chi connectivity index (χ4n) is 3.78. The van der Waals surface area contributed by atoms with Crippen LogP contribution in [0.1, 0.15) is 43.6 Å². The van der Waals surface area contributed by atoms with E-state index < -0.39 is 0 Å². The van der Waals surface area contributed by atoms with Gasteiger partial charge < -0.3 is 11.5 Å². The van der Waals surface area contributed by atoms with E-state index in [2.05, 4.69) is 24.3 Å². The molecule has 0 spiro atoms. The summed E-state index contributed by atoms with van der Waals surface area (Å²) >= 11 is 0. The molecule has 1 aliphatic rings. The zero-order chi connectivity index (χ0) is 16.5. The normalized spacial score (nSPS) is 15.7. The van der Waals surface area contributed by atoms with Gasteiger partial charge in [0.1, 0.15) is 0 Å². The molecule has 1 fully saturated rings. The van der Waals surface area contributed by atoms with Gasteiger partial charge in [-0.1, -0.05) is 43.5 Å². The molecule has 1 aliphatic carbocycles. The van der Waals surface area contributed by atoms with Gasteiger partial charge in [0.2, 0.25) is 0 Å². The highest BCUT2D eigenvalue weighted by atomic mass is 14.7. The number of nitrogen functional groups attached to an aromatic ring is 2. The van der Waals surface area contributed by atoms with Crippen molar-refractivity contribution in [2.45, 2.75) is 38.0 Å². The first-order chi connectivity index (χ1) is 11.7. The largest absolute Gasteiger partial charge is 0.399 e. The van der Waals surface area contributed by atoms with E-state index in [9.17, 15) is 0 Å². The van der Waals surface area contributed by atoms with Crippen LogP contribution < -0.4 is 11.5 Å². The van der Waals surface area contributed by atoms with Gasteiger partial charge in [0.15, 0.2) is 0 Å². The fraction of sp³-hybridized carbons (Fsp3) is 0.286. The zero-order valence-electron chi connectivity index (χ0n) is 13.8. The molecule has 4 rings (SSSR count). The Morgan fingerprint density at radius 1 is 0.833 bits per heavy atom. The Hall–Kier alpha value is -2.55. The van der Waals surface area contributed by atoms with Gasteiger partial charge in [-0.15, -0.1) is 0 Å². The number of rotatable bonds is 2. The van der Waals surface area contributed by atoms with Crippen LogP contribution in [0.3, 0.4) is 0 Å². The Balaban J connectivity index is 1.68. The van der Waals surface area contributed by atoms with E-state index in [4.69, 9.17) is 16.5 Å². The lowest BCUT2D eigenvalue weighted by Gasteiger charge is -2.22. The predicted octanol–water partition coefficient (Wildman–Crippen LogP) is 5.11. The first-order valence-corrected chi connectivity index (χ1v) is 8.77. The van der Waals surface area contributed by atoms with Crippen molar-refractivity contribution in [2.75, 3.05) is 11.5 Å². The van der Waals surface area contributed by atoms with Gasteiger partial charge in [0, 0.05) is 22.3 Å². The van der Waals surface area contributed by atoms with Crippen LogP contribution in [-0.2, 0) is 0 Å². The molecule has 0 radical (unpaired) electrons. The highest BCUT2D eigenvalue weighted by Gasteiger charge is 2.15. The van der Waals surface area contributed by atoms with Gasteiger partial charge in [-0.05, 0) is 48.6 Å². The fourth-order valence-corrected chi connectivity index (χ4v) is 3.78. The first-order valence-electron chi connectivity index (χ1n) is 8.77. The lowest BCUT2D eigenvalue weighted by atomic mass is 9.84. The number of fused-ring (bicyclic) bond motifs is 1. The van der Waals surface area contributed by atoms with Crippen molar-refractivity contribution in [3.63, 3.8) is 0 Å². The zero-order valence-corrected chi connectivity index (χ0v) is 13.8. The average molecular weight is 317 g/mol. The molecule has 0 bridgehead atoms. The number of hydrogen-bond donors (Lipinski definition) is 2. The monoisotopic (exact) mass is 317 g/mol. The minimum absolute atomic E-state index is 0.709. The third kappa shape index (κ3) is 2.82. The van der Waals surface area contributed by atoms with Gasteiger partial charge in [-0.3, -0.25) is 0 Å². The van der Waals surface area contributed by atoms with Gasteiger partial charge >= 0.3 is 0 Å². The van der Waals surface area contributed by atoms with Crippen LogP contribution in [0.15, 0.2) is 48.5 Å². The van der Waals surface area contributed by atoms with Crippen molar-refractivity contribution in [1.29, 1.82) is 0 Å². The molecule has 3 heteroatoms. The van der Waals surface area contributed by atoms with Crippen LogP contribution in [0.5, 0.6) is 0 Å². The van der Waals surface area contributed by atoms with Crippen molar-refractivity contribution in [3.8, 4) is 11.3 Å². The number of hydrogen-bond acceptors (Lipinski definition) is 3. The van der Waals surface area contributed by atoms with E-state index in [0.717, 1.165) is 33.8 Å². The van der Waals surface area contributed by atoms with Crippen LogP contribution in [0, 0.1) is 0 Å². The van der Waals surface area contributed by atoms with Crippen LogP contribution in [0.4, 0.5) is 11.4 Å². The topological polar surface area (TPSA) is 64.9 Å². The van der Waals surface area contributed by atoms with E-state index in [0.29, 0.717) is 5.69 Å². The second kappa shape index (κ2) is 6.16. The predicted molar refractivity (Wildman–Crippen MR) is 102 cm³/mol. The Kier molecular flexibility index (Phi) is 3.85. The van der Waals surface area contributed by atoms with Crippen LogP contribution in [0.2, 0.25) is 0 Å². The molecule has 0 atom stereocenters. The summed E-state index contributed by atoms with van der Waals surface area (Å²) in [7, 11) is 0. The number of benzene rings is 2. The van der Waals surface area contributed by atoms with Crippen LogP contribution in [0.25, 0.3) is 22.2 Å². The average Bonchev–Trinajstić information content (AvgIpc) is 2.63. The Labute approximate surface area is 142 Å². The molecule has 2 aromatic carbocycles. The maximum Gasteiger partial charge on any atom is 0.0731 e. The lowest BCUT2D eigenvalue weighted by Crippen LogP contribution is -2.04. The third-order valence-electron chi connectivity index (χ3n) is 5.15. The van der Waals surface area contributed by atoms with Crippen molar-refractivity contribution in [1.82, 2.24) is 4.98 Å². The summed E-state index contributed by atoms with van der Waals surface area (Å²) in [6, 6.07) is 16.5. The van der Waals surface area contributed by atoms with Crippen molar-refractivity contribution in [2.24, 2.45) is 0 Å². The summed E-state index contributed by atoms with van der Waals surface area (Å²) in [5.41, 5.74) is 17.9. The second-order valence-electron chi connectivity index (χ2n) is 6.83. The standard InChI is InChI=1S/C21H23N3/c22-17-10-11-20-18(12-17)19(23)13-21(24-20)16-8-6-15(7-9-16)14-4-2-1-3-5-14/h6-14H,1-5,22H2,(H2,23,24). The minimum Gasteiger partial charge on any atom is -0.399 e. The molecular weight excluding hydrogens is 294 g/mol. The minimum atomic E-state index is 0.709. The molecule has 122 valence electrons. The van der Waals surface area contributed by atoms with Crippen molar-refractivity contribution in [3.05, 3.63) is 54.1 Å². The molecule has 0 aliphatic heterocycles. The summed E-state index contributed by atoms with van der Waals surface area (Å²) in [5.74, 6) is 0.727. The third-order valence-corrected chi connectivity index (χ3v) is 5.15. The van der Waals surface area contributed by atoms with E-state index in [1.54, 1.807) is 0 Å². The second-order valence-corrected chi connectivity index (χ2v) is 6.83. The van der Waals surface area contributed by atoms with Gasteiger partial charge in [0.05, 0.1) is 11.2 Å². The summed E-state index contributed by atoms with van der Waals surface area (Å²) < 4.78 is 0. The molecule has 1 heterocycles. The molecule has 0 unspecified atom stereocenters. The van der Waals surface area contributed by atoms with E-state index in [1.807, 2.05) is 24.3 Å². The molecule has 1 aromatic heterocycles. The molecular formula is C21H23N3. The lowest BCUT2D eigenvalue weighted by molar-refractivity contribution is 0.443. The SMILES string of the molecule is Nc1ccc2nc(-c3ccc(C4CCCCC4)cc3)cc(N)c2c1. The number of nitrogens with two attached hydrogens (primary N) is 2. The van der Waals surface area contributed by atoms with Gasteiger partial charge in [-0.2, -0.15) is 0 Å². The highest BCUT2D eigenvalue weighted by molar-refractivity contribution is 5.94. The molecule has 3 nitrogen and oxygen atoms in total. The molecule has 0 amide bonds. The summed E-state index contributed by atoms with van der Waals surface area (Å²) in [4.78, 5) is 4.75. The van der Waals surface area contributed by atoms with Crippen molar-refractivity contribution >= 4 is 22.3 Å². The van der Waals surface area contributed by atoms with Crippen LogP contribution in [-0.4, -0.2) is 4.98 Å². The molecule has 3 aromatic rings. The molecule has 4 N–H and O–H groups in total. The maximum absolute atomic E-state index is 6.21. The Morgan fingerprint density at radius 2 is 1.58 bits per heavy atom. The molecule has 24 heavy (non-hydrogen) atoms. The maximum atomic E-state index is 6.21. The number of anilines is 2. The summed E-state index contributed by atoms with van der Waals surface area (Å²) in [5, 5.41) is 0.914. The smallest absolute Gasteiger partial charge is 0.0731 e. The molecule has 0 saturated heterocycles. The summed E-state index contributed by atoms with van der Waals surface area (Å²) in [6.45, 7) is 0. The number of nitrogens with zero attached hydrogens (tertiary/aromatic N) is 1. The van der Waals surface area contributed by atoms with Crippen LogP contribution >= 0.6 is 0 Å². The van der Waals surface area contributed by atoms with E-state index >= 15 is 0 Å².